The monoisotopic (exact) mass is 500 g/mol. The molecule has 2 aliphatic rings. The van der Waals surface area contributed by atoms with Crippen LogP contribution in [0.15, 0.2) is 53.6 Å². The maximum atomic E-state index is 13.7. The van der Waals surface area contributed by atoms with Gasteiger partial charge in [0, 0.05) is 37.0 Å². The number of aromatic nitrogens is 5. The highest BCUT2D eigenvalue weighted by atomic mass is 19.1. The zero-order valence-electron chi connectivity index (χ0n) is 20.7. The molecule has 3 aromatic heterocycles. The molecule has 1 aliphatic carbocycles. The molecule has 1 saturated carbocycles. The van der Waals surface area contributed by atoms with Crippen LogP contribution in [0, 0.1) is 5.92 Å². The van der Waals surface area contributed by atoms with E-state index in [0.717, 1.165) is 5.56 Å². The molecule has 6 rings (SSSR count). The normalized spacial score (nSPS) is 20.2. The maximum absolute atomic E-state index is 13.7. The van der Waals surface area contributed by atoms with Crippen LogP contribution in [0.3, 0.4) is 0 Å². The summed E-state index contributed by atoms with van der Waals surface area (Å²) in [5.74, 6) is 0.314. The predicted molar refractivity (Wildman–Crippen MR) is 138 cm³/mol. The van der Waals surface area contributed by atoms with Crippen LogP contribution in [0.4, 0.5) is 4.39 Å². The second kappa shape index (κ2) is 9.53. The van der Waals surface area contributed by atoms with Gasteiger partial charge in [-0.1, -0.05) is 43.5 Å². The number of rotatable bonds is 5. The molecule has 1 saturated heterocycles. The van der Waals surface area contributed by atoms with Gasteiger partial charge in [0.05, 0.1) is 12.4 Å². The van der Waals surface area contributed by atoms with Crippen molar-refractivity contribution >= 4 is 11.6 Å². The standard InChI is InChI=1S/C28H29FN6O2/c1-17-21(15-29)16-34(17)28(37)24-25(26-30-12-5-13-31-26)33-35-23(36)14-22(32-27(24)35)20-10-8-19(9-11-20)18-6-3-2-4-7-18/h5,8-14,17-18,21,32H,2-4,6-7,15-16H2,1H3/t17-,21-/m1/s1. The second-order valence-corrected chi connectivity index (χ2v) is 10.1. The highest BCUT2D eigenvalue weighted by molar-refractivity contribution is 6.05. The summed E-state index contributed by atoms with van der Waals surface area (Å²) < 4.78 is 14.5. The van der Waals surface area contributed by atoms with Crippen molar-refractivity contribution in [3.63, 3.8) is 0 Å². The molecule has 0 unspecified atom stereocenters. The zero-order valence-corrected chi connectivity index (χ0v) is 20.7. The lowest BCUT2D eigenvalue weighted by atomic mass is 9.84. The molecule has 37 heavy (non-hydrogen) atoms. The fourth-order valence-electron chi connectivity index (χ4n) is 5.63. The quantitative estimate of drug-likeness (QED) is 0.431. The molecule has 8 nitrogen and oxygen atoms in total. The van der Waals surface area contributed by atoms with Crippen molar-refractivity contribution in [1.29, 1.82) is 0 Å². The van der Waals surface area contributed by atoms with Crippen LogP contribution in [0.5, 0.6) is 0 Å². The van der Waals surface area contributed by atoms with E-state index < -0.39 is 6.67 Å². The van der Waals surface area contributed by atoms with Crippen molar-refractivity contribution in [3.05, 3.63) is 70.3 Å². The first-order valence-corrected chi connectivity index (χ1v) is 13.0. The van der Waals surface area contributed by atoms with E-state index >= 15 is 0 Å². The first-order valence-electron chi connectivity index (χ1n) is 13.0. The fraction of sp³-hybridized carbons (Fsp3) is 0.393. The summed E-state index contributed by atoms with van der Waals surface area (Å²) in [6, 6.07) is 11.2. The van der Waals surface area contributed by atoms with Gasteiger partial charge in [0.25, 0.3) is 11.5 Å². The number of benzene rings is 1. The third-order valence-corrected chi connectivity index (χ3v) is 7.97. The minimum Gasteiger partial charge on any atom is -0.339 e. The molecule has 0 bridgehead atoms. The van der Waals surface area contributed by atoms with Crippen molar-refractivity contribution in [1.82, 2.24) is 29.5 Å². The highest BCUT2D eigenvalue weighted by Gasteiger charge is 2.41. The van der Waals surface area contributed by atoms with Crippen LogP contribution in [-0.2, 0) is 0 Å². The van der Waals surface area contributed by atoms with Crippen LogP contribution >= 0.6 is 0 Å². The van der Waals surface area contributed by atoms with Gasteiger partial charge in [0.1, 0.15) is 11.3 Å². The Labute approximate surface area is 213 Å². The van der Waals surface area contributed by atoms with Crippen molar-refractivity contribution in [2.45, 2.75) is 51.0 Å². The molecular weight excluding hydrogens is 471 g/mol. The Kier molecular flexibility index (Phi) is 6.06. The van der Waals surface area contributed by atoms with E-state index in [0.29, 0.717) is 18.2 Å². The zero-order chi connectivity index (χ0) is 25.5. The molecule has 1 N–H and O–H groups in total. The van der Waals surface area contributed by atoms with Gasteiger partial charge in [-0.05, 0) is 42.9 Å². The number of nitrogens with zero attached hydrogens (tertiary/aromatic N) is 5. The molecule has 190 valence electrons. The summed E-state index contributed by atoms with van der Waals surface area (Å²) in [7, 11) is 0. The van der Waals surface area contributed by atoms with Gasteiger partial charge in [-0.3, -0.25) is 14.0 Å². The van der Waals surface area contributed by atoms with Gasteiger partial charge in [0.2, 0.25) is 0 Å². The Morgan fingerprint density at radius 2 is 1.84 bits per heavy atom. The third-order valence-electron chi connectivity index (χ3n) is 7.97. The Morgan fingerprint density at radius 3 is 2.51 bits per heavy atom. The van der Waals surface area contributed by atoms with E-state index in [-0.39, 0.29) is 46.2 Å². The van der Waals surface area contributed by atoms with Gasteiger partial charge >= 0.3 is 0 Å². The maximum Gasteiger partial charge on any atom is 0.274 e. The van der Waals surface area contributed by atoms with Gasteiger partial charge in [-0.25, -0.2) is 9.97 Å². The minimum absolute atomic E-state index is 0.195. The Balaban J connectivity index is 1.44. The molecule has 4 heterocycles. The van der Waals surface area contributed by atoms with E-state index in [4.69, 9.17) is 0 Å². The van der Waals surface area contributed by atoms with Crippen LogP contribution in [0.25, 0.3) is 28.4 Å². The number of nitrogens with one attached hydrogen (secondary N) is 1. The first-order chi connectivity index (χ1) is 18.0. The van der Waals surface area contributed by atoms with E-state index in [9.17, 15) is 14.0 Å². The molecule has 2 atom stereocenters. The van der Waals surface area contributed by atoms with Gasteiger partial charge in [0.15, 0.2) is 11.5 Å². The predicted octanol–water partition coefficient (Wildman–Crippen LogP) is 4.62. The number of hydrogen-bond acceptors (Lipinski definition) is 5. The number of hydrogen-bond donors (Lipinski definition) is 1. The molecule has 0 spiro atoms. The summed E-state index contributed by atoms with van der Waals surface area (Å²) in [4.78, 5) is 40.3. The Morgan fingerprint density at radius 1 is 1.11 bits per heavy atom. The highest BCUT2D eigenvalue weighted by Crippen LogP contribution is 2.34. The number of halogens is 1. The lowest BCUT2D eigenvalue weighted by Crippen LogP contribution is -2.58. The Hall–Kier alpha value is -3.88. The number of carbonyl (C=O) groups is 1. The summed E-state index contributed by atoms with van der Waals surface area (Å²) in [6.45, 7) is 1.67. The molecule has 1 aliphatic heterocycles. The third kappa shape index (κ3) is 4.12. The van der Waals surface area contributed by atoms with Crippen molar-refractivity contribution in [2.24, 2.45) is 5.92 Å². The number of fused-ring (bicyclic) bond motifs is 1. The van der Waals surface area contributed by atoms with Crippen LogP contribution < -0.4 is 5.56 Å². The minimum atomic E-state index is -0.480. The lowest BCUT2D eigenvalue weighted by molar-refractivity contribution is 0.0142. The molecular formula is C28H29FN6O2. The number of aromatic amines is 1. The molecule has 0 radical (unpaired) electrons. The van der Waals surface area contributed by atoms with Crippen LogP contribution in [0.1, 0.15) is 60.9 Å². The average Bonchev–Trinajstić information content (AvgIpc) is 3.34. The summed E-state index contributed by atoms with van der Waals surface area (Å²) in [5, 5.41) is 4.44. The summed E-state index contributed by atoms with van der Waals surface area (Å²) >= 11 is 0. The second-order valence-electron chi connectivity index (χ2n) is 10.1. The first kappa shape index (κ1) is 23.5. The van der Waals surface area contributed by atoms with Crippen LogP contribution in [-0.4, -0.2) is 54.6 Å². The van der Waals surface area contributed by atoms with Crippen molar-refractivity contribution in [3.8, 4) is 22.8 Å². The molecule has 9 heteroatoms. The Bertz CT molecular complexity index is 1490. The summed E-state index contributed by atoms with van der Waals surface area (Å²) in [6.07, 6.45) is 9.40. The lowest BCUT2D eigenvalue weighted by Gasteiger charge is -2.45. The smallest absolute Gasteiger partial charge is 0.274 e. The molecule has 1 amide bonds. The fourth-order valence-corrected chi connectivity index (χ4v) is 5.63. The van der Waals surface area contributed by atoms with Gasteiger partial charge in [-0.15, -0.1) is 0 Å². The molecule has 1 aromatic carbocycles. The number of alkyl halides is 1. The largest absolute Gasteiger partial charge is 0.339 e. The van der Waals surface area contributed by atoms with E-state index in [2.05, 4.69) is 32.2 Å². The van der Waals surface area contributed by atoms with E-state index in [1.54, 1.807) is 23.4 Å². The van der Waals surface area contributed by atoms with Gasteiger partial charge < -0.3 is 9.88 Å². The van der Waals surface area contributed by atoms with Crippen molar-refractivity contribution < 1.29 is 9.18 Å². The molecule has 4 aromatic rings. The van der Waals surface area contributed by atoms with E-state index in [1.165, 1.54) is 48.2 Å². The number of H-pyrrole nitrogens is 1. The average molecular weight is 501 g/mol. The van der Waals surface area contributed by atoms with Crippen LogP contribution in [0.2, 0.25) is 0 Å². The number of carbonyl (C=O) groups excluding carboxylic acids is 1. The number of likely N-dealkylation sites (tertiary alicyclic amines) is 1. The van der Waals surface area contributed by atoms with E-state index in [1.807, 2.05) is 19.1 Å². The topological polar surface area (TPSA) is 96.2 Å². The SMILES string of the molecule is C[C@@H]1[C@H](CF)CN1C(=O)c1c(-c2ncccn2)nn2c(=O)cc(-c3ccc(C4CCCCC4)cc3)[nH]c12. The van der Waals surface area contributed by atoms with Crippen molar-refractivity contribution in [2.75, 3.05) is 13.2 Å². The van der Waals surface area contributed by atoms with Gasteiger partial charge in [-0.2, -0.15) is 9.61 Å². The summed E-state index contributed by atoms with van der Waals surface area (Å²) in [5.41, 5.74) is 3.13. The molecule has 2 fully saturated rings. The number of amides is 1.